The van der Waals surface area contributed by atoms with E-state index in [1.165, 1.54) is 23.9 Å². The molecule has 300 valence electrons. The Balaban J connectivity index is 1.08. The summed E-state index contributed by atoms with van der Waals surface area (Å²) >= 11 is 1.53. The summed E-state index contributed by atoms with van der Waals surface area (Å²) in [6.07, 6.45) is -0.974. The number of aryl methyl sites for hydroxylation is 2. The summed E-state index contributed by atoms with van der Waals surface area (Å²) in [5.41, 5.74) is 7.14. The van der Waals surface area contributed by atoms with Crippen molar-refractivity contribution in [2.24, 2.45) is 13.0 Å². The highest BCUT2D eigenvalue weighted by molar-refractivity contribution is 7.99. The summed E-state index contributed by atoms with van der Waals surface area (Å²) in [4.78, 5) is 13.8. The van der Waals surface area contributed by atoms with Gasteiger partial charge in [0, 0.05) is 30.8 Å². The minimum atomic E-state index is -3.98. The third kappa shape index (κ3) is 10.1. The second-order valence-electron chi connectivity index (χ2n) is 14.4. The lowest BCUT2D eigenvalue weighted by Gasteiger charge is -2.41. The normalized spacial score (nSPS) is 18.8. The standard InChI is InChI=1S/C44H46N6O6S2/c1-29-15-21-38(22-16-29)58(53,54)47-39(24-31-9-5-4-6-10-31)42(52)45-26-33-11-7-12-35(23-33)36-13-8-14-37(25-36)43-55-40(28-57-44-46-48-49-50(44)3)30(2)41(56-43)34-19-17-32(27-51)18-20-34/h4-23,25,30,39-41,43,47,51H,24,26-28H2,1-3H3,(H,45,52)/t30-,39+,40+,41+,43+/m0/s1. The Hall–Kier alpha value is -5.22. The number of hydrogen-bond acceptors (Lipinski definition) is 10. The third-order valence-electron chi connectivity index (χ3n) is 10.2. The molecule has 1 saturated heterocycles. The molecule has 1 amide bonds. The van der Waals surface area contributed by atoms with E-state index in [0.717, 1.165) is 44.5 Å². The Labute approximate surface area is 343 Å². The van der Waals surface area contributed by atoms with Crippen LogP contribution >= 0.6 is 11.8 Å². The lowest BCUT2D eigenvalue weighted by atomic mass is 9.91. The van der Waals surface area contributed by atoms with E-state index < -0.39 is 28.3 Å². The van der Waals surface area contributed by atoms with Crippen LogP contribution in [0.1, 0.15) is 52.7 Å². The molecule has 0 bridgehead atoms. The van der Waals surface area contributed by atoms with Gasteiger partial charge >= 0.3 is 0 Å². The van der Waals surface area contributed by atoms with Crippen molar-refractivity contribution >= 4 is 27.7 Å². The number of hydrogen-bond donors (Lipinski definition) is 3. The summed E-state index contributed by atoms with van der Waals surface area (Å²) < 4.78 is 44.4. The van der Waals surface area contributed by atoms with Crippen molar-refractivity contribution in [3.8, 4) is 11.1 Å². The van der Waals surface area contributed by atoms with E-state index in [1.54, 1.807) is 23.9 Å². The van der Waals surface area contributed by atoms with Crippen molar-refractivity contribution in [1.82, 2.24) is 30.2 Å². The van der Waals surface area contributed by atoms with Gasteiger partial charge < -0.3 is 19.9 Å². The minimum absolute atomic E-state index is 0.00908. The van der Waals surface area contributed by atoms with Crippen LogP contribution in [0.2, 0.25) is 0 Å². The lowest BCUT2D eigenvalue weighted by Crippen LogP contribution is -2.47. The highest BCUT2D eigenvalue weighted by atomic mass is 32.2. The maximum absolute atomic E-state index is 13.7. The van der Waals surface area contributed by atoms with Gasteiger partial charge in [-0.15, -0.1) is 5.10 Å². The average Bonchev–Trinajstić information content (AvgIpc) is 3.66. The van der Waals surface area contributed by atoms with Gasteiger partial charge in [-0.2, -0.15) is 4.72 Å². The highest BCUT2D eigenvalue weighted by Crippen LogP contribution is 2.43. The van der Waals surface area contributed by atoms with Gasteiger partial charge in [0.25, 0.3) is 0 Å². The number of aromatic nitrogens is 4. The van der Waals surface area contributed by atoms with Crippen molar-refractivity contribution in [3.63, 3.8) is 0 Å². The monoisotopic (exact) mass is 818 g/mol. The van der Waals surface area contributed by atoms with Crippen molar-refractivity contribution in [3.05, 3.63) is 161 Å². The Morgan fingerprint density at radius 1 is 0.845 bits per heavy atom. The number of nitrogens with one attached hydrogen (secondary N) is 2. The maximum Gasteiger partial charge on any atom is 0.241 e. The summed E-state index contributed by atoms with van der Waals surface area (Å²) in [6.45, 7) is 4.15. The van der Waals surface area contributed by atoms with Crippen LogP contribution in [0, 0.1) is 12.8 Å². The van der Waals surface area contributed by atoms with E-state index >= 15 is 0 Å². The van der Waals surface area contributed by atoms with E-state index in [2.05, 4.69) is 38.6 Å². The average molecular weight is 819 g/mol. The largest absolute Gasteiger partial charge is 0.392 e. The molecule has 1 aliphatic rings. The Morgan fingerprint density at radius 2 is 1.55 bits per heavy atom. The fraction of sp³-hybridized carbons (Fsp3) is 0.273. The zero-order chi connectivity index (χ0) is 40.6. The molecule has 0 unspecified atom stereocenters. The van der Waals surface area contributed by atoms with Crippen LogP contribution in [0.15, 0.2) is 137 Å². The third-order valence-corrected chi connectivity index (χ3v) is 12.8. The number of rotatable bonds is 15. The van der Waals surface area contributed by atoms with E-state index in [-0.39, 0.29) is 42.6 Å². The second-order valence-corrected chi connectivity index (χ2v) is 17.1. The first-order chi connectivity index (χ1) is 28.1. The van der Waals surface area contributed by atoms with Gasteiger partial charge in [0.05, 0.1) is 23.7 Å². The number of sulfonamides is 1. The van der Waals surface area contributed by atoms with Crippen LogP contribution in [0.3, 0.4) is 0 Å². The predicted octanol–water partition coefficient (Wildman–Crippen LogP) is 6.47. The summed E-state index contributed by atoms with van der Waals surface area (Å²) in [5.74, 6) is 0.162. The van der Waals surface area contributed by atoms with Gasteiger partial charge in [0.15, 0.2) is 6.29 Å². The fourth-order valence-corrected chi connectivity index (χ4v) is 9.07. The Morgan fingerprint density at radius 3 is 2.26 bits per heavy atom. The first-order valence-corrected chi connectivity index (χ1v) is 21.5. The van der Waals surface area contributed by atoms with Crippen LogP contribution in [0.4, 0.5) is 0 Å². The molecule has 1 aromatic heterocycles. The zero-order valence-electron chi connectivity index (χ0n) is 32.4. The van der Waals surface area contributed by atoms with E-state index in [9.17, 15) is 18.3 Å². The molecule has 6 aromatic rings. The first-order valence-electron chi connectivity index (χ1n) is 19.0. The number of ether oxygens (including phenoxy) is 2. The molecule has 3 N–H and O–H groups in total. The number of carbonyl (C=O) groups is 1. The number of carbonyl (C=O) groups excluding carboxylic acids is 1. The van der Waals surface area contributed by atoms with Crippen LogP contribution in [-0.2, 0) is 50.9 Å². The molecule has 5 atom stereocenters. The van der Waals surface area contributed by atoms with Crippen LogP contribution in [-0.4, -0.2) is 57.5 Å². The second kappa shape index (κ2) is 18.6. The molecule has 5 aromatic carbocycles. The molecule has 0 aliphatic carbocycles. The molecular formula is C44H46N6O6S2. The van der Waals surface area contributed by atoms with E-state index in [4.69, 9.17) is 9.47 Å². The molecule has 0 spiro atoms. The zero-order valence-corrected chi connectivity index (χ0v) is 34.1. The van der Waals surface area contributed by atoms with Gasteiger partial charge in [0.2, 0.25) is 21.1 Å². The Bertz CT molecular complexity index is 2410. The fourth-order valence-electron chi connectivity index (χ4n) is 6.86. The molecule has 1 aliphatic heterocycles. The molecule has 12 nitrogen and oxygen atoms in total. The summed E-state index contributed by atoms with van der Waals surface area (Å²) in [6, 6.07) is 38.5. The van der Waals surface area contributed by atoms with Gasteiger partial charge in [-0.3, -0.25) is 4.79 Å². The molecular weight excluding hydrogens is 773 g/mol. The van der Waals surface area contributed by atoms with Crippen molar-refractivity contribution in [2.45, 2.75) is 68.0 Å². The van der Waals surface area contributed by atoms with Crippen LogP contribution in [0.25, 0.3) is 11.1 Å². The van der Waals surface area contributed by atoms with E-state index in [0.29, 0.717) is 10.9 Å². The first kappa shape index (κ1) is 41.0. The molecule has 14 heteroatoms. The quantitative estimate of drug-likeness (QED) is 0.0982. The summed E-state index contributed by atoms with van der Waals surface area (Å²) in [5, 5.41) is 25.2. The number of thioether (sulfide) groups is 1. The maximum atomic E-state index is 13.7. The SMILES string of the molecule is Cc1ccc(S(=O)(=O)N[C@H](Cc2ccccc2)C(=O)NCc2cccc(-c3cccc([C@@H]4O[C@H](CSc5nnnn5C)[C@H](C)[C@H](c5ccc(CO)cc5)O4)c3)c2)cc1. The molecule has 0 saturated carbocycles. The Kier molecular flexibility index (Phi) is 13.1. The van der Waals surface area contributed by atoms with Crippen LogP contribution in [0.5, 0.6) is 0 Å². The highest BCUT2D eigenvalue weighted by Gasteiger charge is 2.38. The molecule has 58 heavy (non-hydrogen) atoms. The number of amides is 1. The van der Waals surface area contributed by atoms with Crippen molar-refractivity contribution in [1.29, 1.82) is 0 Å². The van der Waals surface area contributed by atoms with Gasteiger partial charge in [-0.1, -0.05) is 127 Å². The van der Waals surface area contributed by atoms with E-state index in [1.807, 2.05) is 104 Å². The topological polar surface area (TPSA) is 158 Å². The number of aliphatic hydroxyl groups is 1. The molecule has 1 fully saturated rings. The van der Waals surface area contributed by atoms with Gasteiger partial charge in [-0.05, 0) is 81.4 Å². The molecule has 2 heterocycles. The minimum Gasteiger partial charge on any atom is -0.392 e. The number of aliphatic hydroxyl groups excluding tert-OH is 1. The lowest BCUT2D eigenvalue weighted by molar-refractivity contribution is -0.268. The molecule has 7 rings (SSSR count). The van der Waals surface area contributed by atoms with Crippen molar-refractivity contribution in [2.75, 3.05) is 5.75 Å². The number of benzene rings is 5. The summed E-state index contributed by atoms with van der Waals surface area (Å²) in [7, 11) is -2.17. The smallest absolute Gasteiger partial charge is 0.241 e. The predicted molar refractivity (Wildman–Crippen MR) is 222 cm³/mol. The van der Waals surface area contributed by atoms with Crippen LogP contribution < -0.4 is 10.0 Å². The van der Waals surface area contributed by atoms with Gasteiger partial charge in [0.1, 0.15) is 6.04 Å². The number of tetrazole rings is 1. The van der Waals surface area contributed by atoms with Crippen molar-refractivity contribution < 1.29 is 27.8 Å². The van der Waals surface area contributed by atoms with Gasteiger partial charge in [-0.25, -0.2) is 13.1 Å². The molecule has 0 radical (unpaired) electrons. The number of nitrogens with zero attached hydrogens (tertiary/aromatic N) is 4.